The summed E-state index contributed by atoms with van der Waals surface area (Å²) >= 11 is 0. The molecule has 0 saturated carbocycles. The molecule has 0 bridgehead atoms. The smallest absolute Gasteiger partial charge is 0.235 e. The lowest BCUT2D eigenvalue weighted by molar-refractivity contribution is -0.130. The minimum atomic E-state index is -0.545. The van der Waals surface area contributed by atoms with Crippen molar-refractivity contribution in [2.75, 3.05) is 17.8 Å². The second-order valence-electron chi connectivity index (χ2n) is 6.82. The summed E-state index contributed by atoms with van der Waals surface area (Å²) in [6.45, 7) is 1.62. The van der Waals surface area contributed by atoms with Crippen LogP contribution in [-0.4, -0.2) is 34.1 Å². The normalized spacial score (nSPS) is 17.9. The number of fused-ring (bicyclic) bond motifs is 1. The van der Waals surface area contributed by atoms with Gasteiger partial charge < -0.3 is 21.2 Å². The van der Waals surface area contributed by atoms with Gasteiger partial charge in [0.2, 0.25) is 5.91 Å². The zero-order valence-corrected chi connectivity index (χ0v) is 15.9. The first-order valence-corrected chi connectivity index (χ1v) is 9.12. The third-order valence-electron chi connectivity index (χ3n) is 4.91. The van der Waals surface area contributed by atoms with Crippen LogP contribution in [0.3, 0.4) is 0 Å². The number of benzene rings is 1. The van der Waals surface area contributed by atoms with Gasteiger partial charge in [0.1, 0.15) is 12.8 Å². The van der Waals surface area contributed by atoms with Gasteiger partial charge in [-0.1, -0.05) is 18.2 Å². The highest BCUT2D eigenvalue weighted by Crippen LogP contribution is 2.37. The van der Waals surface area contributed by atoms with Crippen LogP contribution in [0.1, 0.15) is 28.7 Å². The van der Waals surface area contributed by atoms with Gasteiger partial charge in [-0.15, -0.1) is 0 Å². The third-order valence-corrected chi connectivity index (χ3v) is 4.91. The summed E-state index contributed by atoms with van der Waals surface area (Å²) in [6.07, 6.45) is 4.75. The molecule has 2 aliphatic heterocycles. The van der Waals surface area contributed by atoms with E-state index in [1.54, 1.807) is 12.3 Å². The molecule has 6 N–H and O–H groups in total. The number of carbonyl (C=O) groups is 2. The molecule has 2 aromatic rings. The van der Waals surface area contributed by atoms with Crippen LogP contribution in [0.5, 0.6) is 0 Å². The number of nitrogens with one attached hydrogen (secondary N) is 2. The molecule has 9 nitrogen and oxygen atoms in total. The molecule has 3 heterocycles. The third kappa shape index (κ3) is 3.37. The molecule has 2 aliphatic rings. The lowest BCUT2D eigenvalue weighted by Crippen LogP contribution is -2.50. The van der Waals surface area contributed by atoms with Crippen molar-refractivity contribution in [3.8, 4) is 0 Å². The number of nitrogen functional groups attached to an aromatic ring is 1. The average molecular weight is 394 g/mol. The van der Waals surface area contributed by atoms with Crippen LogP contribution in [0.25, 0.3) is 5.57 Å². The monoisotopic (exact) mass is 394 g/mol. The molecular weight excluding hydrogens is 372 g/mol. The minimum absolute atomic E-state index is 0.0000945. The molecular formula is C20H22N6O3. The highest BCUT2D eigenvalue weighted by molar-refractivity contribution is 6.07. The number of hydrazine groups is 1. The van der Waals surface area contributed by atoms with Crippen molar-refractivity contribution in [2.24, 2.45) is 5.84 Å². The van der Waals surface area contributed by atoms with Crippen LogP contribution in [0, 0.1) is 0 Å². The number of Topliss-reactive ketones (excluding diaryl/α,β-unsaturated/α-hetero) is 1. The van der Waals surface area contributed by atoms with E-state index in [4.69, 9.17) is 16.4 Å². The fourth-order valence-corrected chi connectivity index (χ4v) is 3.49. The number of ether oxygens (including phenoxy) is 1. The molecule has 1 amide bonds. The predicted molar refractivity (Wildman–Crippen MR) is 109 cm³/mol. The number of hydrogen-bond donors (Lipinski definition) is 4. The maximum Gasteiger partial charge on any atom is 0.235 e. The van der Waals surface area contributed by atoms with Crippen molar-refractivity contribution >= 4 is 28.6 Å². The molecule has 0 fully saturated rings. The Hall–Kier alpha value is -3.56. The van der Waals surface area contributed by atoms with E-state index in [0.717, 1.165) is 10.7 Å². The molecule has 0 aliphatic carbocycles. The standard InChI is InChI=1S/C20H22N6O3/c1-12(27)25(21)17-9-13(7-8-23-17)20-19(24-14-5-3-2-4-6-14)18-15(26(20)22)10-29-11-16(18)28/h2-9,17,23-24H,10-11,21-22H2,1H3. The molecule has 0 saturated heterocycles. The van der Waals surface area contributed by atoms with Gasteiger partial charge in [0.25, 0.3) is 0 Å². The highest BCUT2D eigenvalue weighted by atomic mass is 16.5. The van der Waals surface area contributed by atoms with E-state index in [0.29, 0.717) is 28.2 Å². The summed E-state index contributed by atoms with van der Waals surface area (Å²) in [5.41, 5.74) is 3.85. The number of para-hydroxylation sites is 1. The Balaban J connectivity index is 1.85. The van der Waals surface area contributed by atoms with Crippen LogP contribution in [-0.2, 0) is 16.1 Å². The number of carbonyl (C=O) groups excluding carboxylic acids is 2. The molecule has 4 rings (SSSR count). The molecule has 29 heavy (non-hydrogen) atoms. The van der Waals surface area contributed by atoms with E-state index in [-0.39, 0.29) is 24.9 Å². The van der Waals surface area contributed by atoms with Gasteiger partial charge in [-0.2, -0.15) is 0 Å². The number of nitrogens with zero attached hydrogens (tertiary/aromatic N) is 2. The van der Waals surface area contributed by atoms with Crippen LogP contribution in [0.4, 0.5) is 11.4 Å². The summed E-state index contributed by atoms with van der Waals surface area (Å²) < 4.78 is 6.85. The molecule has 1 atom stereocenters. The number of anilines is 2. The van der Waals surface area contributed by atoms with Crippen molar-refractivity contribution in [3.63, 3.8) is 0 Å². The minimum Gasteiger partial charge on any atom is -0.367 e. The van der Waals surface area contributed by atoms with Gasteiger partial charge in [0.15, 0.2) is 5.78 Å². The maximum absolute atomic E-state index is 12.7. The second-order valence-corrected chi connectivity index (χ2v) is 6.82. The topological polar surface area (TPSA) is 128 Å². The first-order chi connectivity index (χ1) is 14.0. The average Bonchev–Trinajstić information content (AvgIpc) is 3.01. The maximum atomic E-state index is 12.7. The summed E-state index contributed by atoms with van der Waals surface area (Å²) in [5.74, 6) is 11.8. The van der Waals surface area contributed by atoms with E-state index in [9.17, 15) is 9.59 Å². The summed E-state index contributed by atoms with van der Waals surface area (Å²) in [4.78, 5) is 24.3. The van der Waals surface area contributed by atoms with E-state index < -0.39 is 6.17 Å². The van der Waals surface area contributed by atoms with Gasteiger partial charge in [-0.05, 0) is 30.5 Å². The SMILES string of the molecule is CC(=O)N(N)C1C=C(c2c(Nc3ccccc3)c3c(n2N)COCC3=O)C=CN1. The van der Waals surface area contributed by atoms with Crippen molar-refractivity contribution in [3.05, 3.63) is 65.6 Å². The summed E-state index contributed by atoms with van der Waals surface area (Å²) in [5, 5.41) is 7.44. The molecule has 9 heteroatoms. The van der Waals surface area contributed by atoms with Crippen molar-refractivity contribution in [1.82, 2.24) is 15.0 Å². The number of ketones is 1. The number of rotatable bonds is 4. The quantitative estimate of drug-likeness (QED) is 0.349. The van der Waals surface area contributed by atoms with Crippen LogP contribution >= 0.6 is 0 Å². The van der Waals surface area contributed by atoms with Gasteiger partial charge in [-0.3, -0.25) is 19.3 Å². The van der Waals surface area contributed by atoms with Gasteiger partial charge >= 0.3 is 0 Å². The molecule has 1 unspecified atom stereocenters. The van der Waals surface area contributed by atoms with Crippen LogP contribution in [0.15, 0.2) is 48.7 Å². The molecule has 150 valence electrons. The molecule has 0 radical (unpaired) electrons. The van der Waals surface area contributed by atoms with E-state index >= 15 is 0 Å². The molecule has 1 aromatic carbocycles. The van der Waals surface area contributed by atoms with Crippen LogP contribution in [0.2, 0.25) is 0 Å². The Kier molecular flexibility index (Phi) is 4.83. The second kappa shape index (κ2) is 7.46. The fraction of sp³-hybridized carbons (Fsp3) is 0.200. The first kappa shape index (κ1) is 18.8. The first-order valence-electron chi connectivity index (χ1n) is 9.12. The molecule has 0 spiro atoms. The Morgan fingerprint density at radius 2 is 2.07 bits per heavy atom. The largest absolute Gasteiger partial charge is 0.367 e. The number of nitrogens with two attached hydrogens (primary N) is 2. The van der Waals surface area contributed by atoms with E-state index in [1.807, 2.05) is 36.4 Å². The number of dihydropyridines is 1. The lowest BCUT2D eigenvalue weighted by Gasteiger charge is -2.27. The van der Waals surface area contributed by atoms with Gasteiger partial charge in [0.05, 0.1) is 29.2 Å². The Morgan fingerprint density at radius 1 is 1.31 bits per heavy atom. The van der Waals surface area contributed by atoms with Crippen LogP contribution < -0.4 is 22.3 Å². The Labute approximate surface area is 167 Å². The van der Waals surface area contributed by atoms with Crippen molar-refractivity contribution in [1.29, 1.82) is 0 Å². The number of amides is 1. The van der Waals surface area contributed by atoms with Crippen molar-refractivity contribution < 1.29 is 14.3 Å². The summed E-state index contributed by atoms with van der Waals surface area (Å²) in [7, 11) is 0. The Bertz CT molecular complexity index is 1020. The zero-order valence-electron chi connectivity index (χ0n) is 15.9. The highest BCUT2D eigenvalue weighted by Gasteiger charge is 2.32. The van der Waals surface area contributed by atoms with Crippen molar-refractivity contribution in [2.45, 2.75) is 19.7 Å². The molecule has 1 aromatic heterocycles. The van der Waals surface area contributed by atoms with E-state index in [2.05, 4.69) is 10.6 Å². The summed E-state index contributed by atoms with van der Waals surface area (Å²) in [6, 6.07) is 9.52. The number of allylic oxidation sites excluding steroid dienone is 2. The zero-order chi connectivity index (χ0) is 20.5. The fourth-order valence-electron chi connectivity index (χ4n) is 3.49. The van der Waals surface area contributed by atoms with Gasteiger partial charge in [-0.25, -0.2) is 5.84 Å². The lowest BCUT2D eigenvalue weighted by atomic mass is 10.0. The number of hydrogen-bond acceptors (Lipinski definition) is 7. The number of aromatic nitrogens is 1. The Morgan fingerprint density at radius 3 is 2.79 bits per heavy atom. The van der Waals surface area contributed by atoms with E-state index in [1.165, 1.54) is 11.6 Å². The predicted octanol–water partition coefficient (Wildman–Crippen LogP) is 1.21. The van der Waals surface area contributed by atoms with Gasteiger partial charge in [0, 0.05) is 18.2 Å².